The Morgan fingerprint density at radius 2 is 2.00 bits per heavy atom. The molecule has 0 aliphatic rings. The van der Waals surface area contributed by atoms with Crippen molar-refractivity contribution in [1.29, 1.82) is 0 Å². The summed E-state index contributed by atoms with van der Waals surface area (Å²) in [6.45, 7) is 1.86. The molecule has 2 rings (SSSR count). The Balaban J connectivity index is 1.86. The van der Waals surface area contributed by atoms with Crippen LogP contribution in [0.1, 0.15) is 12.5 Å². The van der Waals surface area contributed by atoms with Gasteiger partial charge in [0.05, 0.1) is 11.5 Å². The number of carbonyl (C=O) groups excluding carboxylic acids is 1. The van der Waals surface area contributed by atoms with Gasteiger partial charge in [0.1, 0.15) is 0 Å². The predicted octanol–water partition coefficient (Wildman–Crippen LogP) is 4.08. The van der Waals surface area contributed by atoms with Gasteiger partial charge in [-0.15, -0.1) is 11.8 Å². The SMILES string of the molecule is C[C@@H](Sc1ccccc1)C(=O)N/N=C\c1cccc(Br)c1. The summed E-state index contributed by atoms with van der Waals surface area (Å²) in [7, 11) is 0. The van der Waals surface area contributed by atoms with Crippen molar-refractivity contribution in [3.8, 4) is 0 Å². The number of hydrogen-bond acceptors (Lipinski definition) is 3. The molecular formula is C16H15BrN2OS. The standard InChI is InChI=1S/C16H15BrN2OS/c1-12(21-15-8-3-2-4-9-15)16(20)19-18-11-13-6-5-7-14(17)10-13/h2-12H,1H3,(H,19,20)/b18-11-/t12-/m1/s1. The van der Waals surface area contributed by atoms with Crippen molar-refractivity contribution in [1.82, 2.24) is 5.43 Å². The van der Waals surface area contributed by atoms with Crippen LogP contribution < -0.4 is 5.43 Å². The molecule has 0 saturated heterocycles. The largest absolute Gasteiger partial charge is 0.272 e. The second kappa shape index (κ2) is 8.00. The van der Waals surface area contributed by atoms with Crippen LogP contribution in [-0.2, 0) is 4.79 Å². The quantitative estimate of drug-likeness (QED) is 0.494. The van der Waals surface area contributed by atoms with Gasteiger partial charge in [0.15, 0.2) is 0 Å². The molecule has 2 aromatic rings. The molecule has 0 aromatic heterocycles. The molecule has 108 valence electrons. The number of benzene rings is 2. The van der Waals surface area contributed by atoms with E-state index in [1.807, 2.05) is 61.5 Å². The zero-order chi connectivity index (χ0) is 15.1. The first kappa shape index (κ1) is 15.8. The fourth-order valence-electron chi connectivity index (χ4n) is 1.60. The van der Waals surface area contributed by atoms with Crippen LogP contribution in [0.4, 0.5) is 0 Å². The van der Waals surface area contributed by atoms with Crippen molar-refractivity contribution in [2.45, 2.75) is 17.1 Å². The summed E-state index contributed by atoms with van der Waals surface area (Å²) in [4.78, 5) is 13.0. The number of nitrogens with one attached hydrogen (secondary N) is 1. The van der Waals surface area contributed by atoms with Gasteiger partial charge in [-0.05, 0) is 36.8 Å². The molecule has 1 atom stereocenters. The minimum atomic E-state index is -0.202. The van der Waals surface area contributed by atoms with E-state index in [0.29, 0.717) is 0 Å². The van der Waals surface area contributed by atoms with E-state index in [-0.39, 0.29) is 11.2 Å². The average molecular weight is 363 g/mol. The molecule has 0 heterocycles. The smallest absolute Gasteiger partial charge is 0.253 e. The molecular weight excluding hydrogens is 348 g/mol. The third-order valence-corrected chi connectivity index (χ3v) is 4.27. The van der Waals surface area contributed by atoms with E-state index >= 15 is 0 Å². The minimum Gasteiger partial charge on any atom is -0.272 e. The van der Waals surface area contributed by atoms with Crippen molar-refractivity contribution < 1.29 is 4.79 Å². The highest BCUT2D eigenvalue weighted by Gasteiger charge is 2.13. The lowest BCUT2D eigenvalue weighted by Gasteiger charge is -2.08. The van der Waals surface area contributed by atoms with E-state index in [1.165, 1.54) is 11.8 Å². The lowest BCUT2D eigenvalue weighted by molar-refractivity contribution is -0.120. The number of nitrogens with zero attached hydrogens (tertiary/aromatic N) is 1. The topological polar surface area (TPSA) is 41.5 Å². The number of halogens is 1. The van der Waals surface area contributed by atoms with Gasteiger partial charge in [-0.3, -0.25) is 4.79 Å². The van der Waals surface area contributed by atoms with E-state index < -0.39 is 0 Å². The summed E-state index contributed by atoms with van der Waals surface area (Å²) in [5, 5.41) is 3.78. The van der Waals surface area contributed by atoms with Gasteiger partial charge in [0.2, 0.25) is 0 Å². The van der Waals surface area contributed by atoms with Crippen LogP contribution in [0.15, 0.2) is 69.1 Å². The van der Waals surface area contributed by atoms with E-state index in [4.69, 9.17) is 0 Å². The van der Waals surface area contributed by atoms with E-state index in [9.17, 15) is 4.79 Å². The highest BCUT2D eigenvalue weighted by Crippen LogP contribution is 2.22. The van der Waals surface area contributed by atoms with Crippen molar-refractivity contribution >= 4 is 39.8 Å². The normalized spacial score (nSPS) is 12.3. The Morgan fingerprint density at radius 3 is 2.71 bits per heavy atom. The number of thioether (sulfide) groups is 1. The molecule has 21 heavy (non-hydrogen) atoms. The summed E-state index contributed by atoms with van der Waals surface area (Å²) >= 11 is 4.90. The van der Waals surface area contributed by atoms with Crippen LogP contribution >= 0.6 is 27.7 Å². The van der Waals surface area contributed by atoms with E-state index in [0.717, 1.165) is 14.9 Å². The maximum Gasteiger partial charge on any atom is 0.253 e. The molecule has 0 spiro atoms. The van der Waals surface area contributed by atoms with Crippen molar-refractivity contribution in [2.24, 2.45) is 5.10 Å². The van der Waals surface area contributed by atoms with Gasteiger partial charge in [-0.2, -0.15) is 5.10 Å². The van der Waals surface area contributed by atoms with Crippen LogP contribution in [-0.4, -0.2) is 17.4 Å². The molecule has 0 fully saturated rings. The van der Waals surface area contributed by atoms with Gasteiger partial charge in [-0.25, -0.2) is 5.43 Å². The molecule has 5 heteroatoms. The fourth-order valence-corrected chi connectivity index (χ4v) is 2.90. The second-order valence-corrected chi connectivity index (χ2v) is 6.69. The lowest BCUT2D eigenvalue weighted by atomic mass is 10.2. The van der Waals surface area contributed by atoms with Gasteiger partial charge in [0.25, 0.3) is 5.91 Å². The molecule has 2 aromatic carbocycles. The fraction of sp³-hybridized carbons (Fsp3) is 0.125. The van der Waals surface area contributed by atoms with Crippen LogP contribution in [0, 0.1) is 0 Å². The maximum atomic E-state index is 11.9. The van der Waals surface area contributed by atoms with E-state index in [1.54, 1.807) is 6.21 Å². The number of rotatable bonds is 5. The molecule has 0 bridgehead atoms. The second-order valence-electron chi connectivity index (χ2n) is 4.36. The predicted molar refractivity (Wildman–Crippen MR) is 91.6 cm³/mol. The monoisotopic (exact) mass is 362 g/mol. The average Bonchev–Trinajstić information content (AvgIpc) is 2.48. The molecule has 0 aliphatic heterocycles. The first-order valence-corrected chi connectivity index (χ1v) is 8.12. The van der Waals surface area contributed by atoms with Crippen LogP contribution in [0.2, 0.25) is 0 Å². The first-order valence-electron chi connectivity index (χ1n) is 6.45. The number of amides is 1. The zero-order valence-electron chi connectivity index (χ0n) is 11.5. The molecule has 1 amide bonds. The zero-order valence-corrected chi connectivity index (χ0v) is 13.9. The number of hydrogen-bond donors (Lipinski definition) is 1. The molecule has 1 N–H and O–H groups in total. The molecule has 0 unspecified atom stereocenters. The highest BCUT2D eigenvalue weighted by molar-refractivity contribution is 9.10. The minimum absolute atomic E-state index is 0.116. The maximum absolute atomic E-state index is 11.9. The van der Waals surface area contributed by atoms with Crippen molar-refractivity contribution in [2.75, 3.05) is 0 Å². The first-order chi connectivity index (χ1) is 10.1. The Labute approximate surface area is 137 Å². The van der Waals surface area contributed by atoms with Crippen LogP contribution in [0.3, 0.4) is 0 Å². The molecule has 0 radical (unpaired) electrons. The number of hydrazone groups is 1. The Morgan fingerprint density at radius 1 is 1.24 bits per heavy atom. The van der Waals surface area contributed by atoms with E-state index in [2.05, 4.69) is 26.5 Å². The molecule has 0 aliphatic carbocycles. The molecule has 3 nitrogen and oxygen atoms in total. The Bertz CT molecular complexity index is 631. The third kappa shape index (κ3) is 5.36. The summed E-state index contributed by atoms with van der Waals surface area (Å²) in [6.07, 6.45) is 1.63. The van der Waals surface area contributed by atoms with Crippen molar-refractivity contribution in [3.63, 3.8) is 0 Å². The molecule has 0 saturated carbocycles. The number of carbonyl (C=O) groups is 1. The van der Waals surface area contributed by atoms with Crippen LogP contribution in [0.25, 0.3) is 0 Å². The van der Waals surface area contributed by atoms with Gasteiger partial charge in [0, 0.05) is 9.37 Å². The summed E-state index contributed by atoms with van der Waals surface area (Å²) in [5.41, 5.74) is 3.49. The van der Waals surface area contributed by atoms with Crippen LogP contribution in [0.5, 0.6) is 0 Å². The Kier molecular flexibility index (Phi) is 6.02. The van der Waals surface area contributed by atoms with Gasteiger partial charge >= 0.3 is 0 Å². The third-order valence-electron chi connectivity index (χ3n) is 2.66. The summed E-state index contributed by atoms with van der Waals surface area (Å²) < 4.78 is 0.978. The Hall–Kier alpha value is -1.59. The van der Waals surface area contributed by atoms with Gasteiger partial charge in [-0.1, -0.05) is 46.3 Å². The summed E-state index contributed by atoms with van der Waals surface area (Å²) in [6, 6.07) is 17.5. The lowest BCUT2D eigenvalue weighted by Crippen LogP contribution is -2.26. The van der Waals surface area contributed by atoms with Gasteiger partial charge < -0.3 is 0 Å². The highest BCUT2D eigenvalue weighted by atomic mass is 79.9. The summed E-state index contributed by atoms with van der Waals surface area (Å²) in [5.74, 6) is -0.116. The van der Waals surface area contributed by atoms with Crippen molar-refractivity contribution in [3.05, 3.63) is 64.6 Å².